The van der Waals surface area contributed by atoms with Gasteiger partial charge in [0.25, 0.3) is 0 Å². The number of rotatable bonds is 1. The van der Waals surface area contributed by atoms with E-state index in [-0.39, 0.29) is 24.8 Å². The fourth-order valence-corrected chi connectivity index (χ4v) is 7.19. The minimum absolute atomic E-state index is 0. The van der Waals surface area contributed by atoms with Crippen LogP contribution in [0.1, 0.15) is 69.1 Å². The van der Waals surface area contributed by atoms with Crippen LogP contribution in [0, 0.1) is 23.8 Å². The van der Waals surface area contributed by atoms with Crippen LogP contribution >= 0.6 is 0 Å². The molecule has 0 aliphatic heterocycles. The van der Waals surface area contributed by atoms with Crippen molar-refractivity contribution < 1.29 is 49.0 Å². The summed E-state index contributed by atoms with van der Waals surface area (Å²) in [5.74, 6) is 3.23. The van der Waals surface area contributed by atoms with E-state index in [4.69, 9.17) is 0 Å². The molecule has 5 aliphatic rings. The predicted molar refractivity (Wildman–Crippen MR) is 132 cm³/mol. The third-order valence-corrected chi connectivity index (χ3v) is 7.93. The van der Waals surface area contributed by atoms with E-state index in [1.54, 1.807) is 49.1 Å². The van der Waals surface area contributed by atoms with E-state index in [9.17, 15) is 0 Å². The monoisotopic (exact) mass is 566 g/mol. The molecule has 5 aliphatic carbocycles. The van der Waals surface area contributed by atoms with Crippen molar-refractivity contribution in [3.63, 3.8) is 0 Å². The molecule has 3 heteroatoms. The van der Waals surface area contributed by atoms with E-state index in [0.29, 0.717) is 5.41 Å². The molecule has 0 amide bonds. The first-order valence-corrected chi connectivity index (χ1v) is 13.6. The van der Waals surface area contributed by atoms with Gasteiger partial charge < -0.3 is 24.8 Å². The Morgan fingerprint density at radius 1 is 0.882 bits per heavy atom. The summed E-state index contributed by atoms with van der Waals surface area (Å²) in [4.78, 5) is 0. The quantitative estimate of drug-likeness (QED) is 0.307. The summed E-state index contributed by atoms with van der Waals surface area (Å²) >= 11 is 1.55. The Kier molecular flexibility index (Phi) is 9.70. The normalized spacial score (nSPS) is 26.4. The van der Waals surface area contributed by atoms with Gasteiger partial charge in [0.15, 0.2) is 0 Å². The zero-order valence-corrected chi connectivity index (χ0v) is 24.3. The van der Waals surface area contributed by atoms with E-state index in [1.807, 2.05) is 6.07 Å². The van der Waals surface area contributed by atoms with Crippen LogP contribution in [-0.4, -0.2) is 3.21 Å². The molecule has 34 heavy (non-hydrogen) atoms. The van der Waals surface area contributed by atoms with Gasteiger partial charge in [0.05, 0.1) is 0 Å². The predicted octanol–water partition coefficient (Wildman–Crippen LogP) is 1.68. The zero-order chi connectivity index (χ0) is 22.1. The van der Waals surface area contributed by atoms with Gasteiger partial charge in [0.2, 0.25) is 0 Å². The van der Waals surface area contributed by atoms with Crippen molar-refractivity contribution in [1.82, 2.24) is 0 Å². The molecule has 4 fully saturated rings. The van der Waals surface area contributed by atoms with Gasteiger partial charge in [-0.15, -0.1) is 5.56 Å². The summed E-state index contributed by atoms with van der Waals surface area (Å²) in [6, 6.07) is 27.3. The number of benzene rings is 2. The van der Waals surface area contributed by atoms with Crippen LogP contribution in [0.5, 0.6) is 0 Å². The summed E-state index contributed by atoms with van der Waals surface area (Å²) < 4.78 is 1.51. The van der Waals surface area contributed by atoms with Crippen LogP contribution in [0.15, 0.2) is 66.7 Å². The van der Waals surface area contributed by atoms with E-state index in [2.05, 4.69) is 80.6 Å². The third-order valence-electron chi connectivity index (χ3n) is 7.93. The Labute approximate surface area is 233 Å². The summed E-state index contributed by atoms with van der Waals surface area (Å²) in [6.07, 6.45) is 10.2. The summed E-state index contributed by atoms with van der Waals surface area (Å²) in [5, 5.41) is 0. The van der Waals surface area contributed by atoms with Crippen molar-refractivity contribution in [3.8, 4) is 11.1 Å². The van der Waals surface area contributed by atoms with Gasteiger partial charge in [0.1, 0.15) is 0 Å². The van der Waals surface area contributed by atoms with Gasteiger partial charge >= 0.3 is 41.3 Å². The molecule has 8 rings (SSSR count). The van der Waals surface area contributed by atoms with E-state index in [1.165, 1.54) is 44.7 Å². The van der Waals surface area contributed by atoms with Crippen LogP contribution in [0.25, 0.3) is 11.1 Å². The molecular formula is C31H34Cl2Zr-2. The third kappa shape index (κ3) is 5.91. The molecule has 4 saturated carbocycles. The SMILES string of the molecule is C[C](C)=[Zr+2].[Cl-].[Cl-].[c-]1cccc2c1Cc1ccccc1-2.c1cc(C23CC4CC(CC(C4)C2)C3)c[cH-]1. The zero-order valence-electron chi connectivity index (χ0n) is 20.3. The number of hydrogen-bond acceptors (Lipinski definition) is 0. The van der Waals surface area contributed by atoms with Gasteiger partial charge in [0, 0.05) is 0 Å². The molecule has 0 radical (unpaired) electrons. The van der Waals surface area contributed by atoms with E-state index < -0.39 is 0 Å². The van der Waals surface area contributed by atoms with Crippen LogP contribution in [0.3, 0.4) is 0 Å². The fraction of sp³-hybridized carbons (Fsp3) is 0.419. The van der Waals surface area contributed by atoms with Gasteiger partial charge in [-0.1, -0.05) is 60.1 Å². The topological polar surface area (TPSA) is 0 Å². The first-order chi connectivity index (χ1) is 15.5. The molecule has 3 aromatic rings. The molecule has 0 N–H and O–H groups in total. The van der Waals surface area contributed by atoms with Crippen LogP contribution in [0.4, 0.5) is 0 Å². The Bertz CT molecular complexity index is 1000. The van der Waals surface area contributed by atoms with E-state index in [0.717, 1.165) is 24.2 Å². The first kappa shape index (κ1) is 27.7. The molecule has 0 nitrogen and oxygen atoms in total. The van der Waals surface area contributed by atoms with Crippen LogP contribution < -0.4 is 24.8 Å². The summed E-state index contributed by atoms with van der Waals surface area (Å²) in [7, 11) is 0. The second-order valence-corrected chi connectivity index (χ2v) is 13.2. The molecular weight excluding hydrogens is 534 g/mol. The smallest absolute Gasteiger partial charge is 0.0253 e. The molecule has 0 atom stereocenters. The Balaban J connectivity index is 0.000000159. The van der Waals surface area contributed by atoms with Crippen LogP contribution in [0.2, 0.25) is 0 Å². The average Bonchev–Trinajstić information content (AvgIpc) is 3.42. The van der Waals surface area contributed by atoms with Gasteiger partial charge in [-0.25, -0.2) is 6.07 Å². The standard InChI is InChI=1S/C15H19.C13H9.C3H6.2ClH.Zr/c1-2-4-14(3-1)15-8-11-5-12(9-15)7-13(6-11)10-15;1-3-7-12-10(5-1)9-11-6-2-4-8-13(11)12;1-3-2;;;/h1-4,11-13H,5-10H2;1-5,7-8H,9H2;1-2H3;2*1H;/q2*-1;;;;+2/p-2. The van der Waals surface area contributed by atoms with Crippen LogP contribution in [-0.2, 0) is 36.1 Å². The van der Waals surface area contributed by atoms with Crippen molar-refractivity contribution in [3.05, 3.63) is 89.5 Å². The molecule has 0 heterocycles. The minimum atomic E-state index is 0. The molecule has 3 aromatic carbocycles. The Morgan fingerprint density at radius 2 is 1.47 bits per heavy atom. The maximum atomic E-state index is 3.30. The molecule has 178 valence electrons. The number of hydrogen-bond donors (Lipinski definition) is 0. The second kappa shape index (κ2) is 11.9. The van der Waals surface area contributed by atoms with E-state index >= 15 is 0 Å². The molecule has 4 bridgehead atoms. The molecule has 0 spiro atoms. The summed E-state index contributed by atoms with van der Waals surface area (Å²) in [5.41, 5.74) is 7.80. The first-order valence-electron chi connectivity index (χ1n) is 12.3. The Hall–Kier alpha value is -0.877. The van der Waals surface area contributed by atoms with Crippen molar-refractivity contribution >= 4 is 3.21 Å². The molecule has 0 aromatic heterocycles. The maximum Gasteiger partial charge on any atom is -0.0253 e. The van der Waals surface area contributed by atoms with Crippen molar-refractivity contribution in [2.45, 2.75) is 64.2 Å². The summed E-state index contributed by atoms with van der Waals surface area (Å²) in [6.45, 7) is 4.25. The maximum absolute atomic E-state index is 3.30. The van der Waals surface area contributed by atoms with Gasteiger partial charge in [-0.05, 0) is 43.4 Å². The number of fused-ring (bicyclic) bond motifs is 3. The van der Waals surface area contributed by atoms with Crippen molar-refractivity contribution in [2.75, 3.05) is 0 Å². The minimum Gasteiger partial charge on any atom is -1.00 e. The Morgan fingerprint density at radius 3 is 2.06 bits per heavy atom. The fourth-order valence-electron chi connectivity index (χ4n) is 7.19. The van der Waals surface area contributed by atoms with Crippen molar-refractivity contribution in [2.24, 2.45) is 17.8 Å². The van der Waals surface area contributed by atoms with Crippen molar-refractivity contribution in [1.29, 1.82) is 0 Å². The average molecular weight is 569 g/mol. The largest absolute Gasteiger partial charge is 1.00 e. The molecule has 0 saturated heterocycles. The number of halogens is 2. The van der Waals surface area contributed by atoms with Gasteiger partial charge in [-0.2, -0.15) is 53.6 Å². The molecule has 0 unspecified atom stereocenters. The van der Waals surface area contributed by atoms with Gasteiger partial charge in [-0.3, -0.25) is 0 Å². The second-order valence-electron chi connectivity index (χ2n) is 10.8.